The maximum Gasteiger partial charge on any atom is 0.337 e. The second-order valence-corrected chi connectivity index (χ2v) is 7.86. The fraction of sp³-hybridized carbons (Fsp3) is 0.154. The molecule has 0 aliphatic carbocycles. The van der Waals surface area contributed by atoms with Crippen molar-refractivity contribution in [1.82, 2.24) is 9.88 Å². The molecular weight excluding hydrogens is 439 g/mol. The summed E-state index contributed by atoms with van der Waals surface area (Å²) in [6.07, 6.45) is 3.14. The molecule has 1 aliphatic rings. The fourth-order valence-corrected chi connectivity index (χ4v) is 3.89. The van der Waals surface area contributed by atoms with Gasteiger partial charge in [0.1, 0.15) is 11.6 Å². The van der Waals surface area contributed by atoms with Crippen LogP contribution in [-0.2, 0) is 20.9 Å². The molecule has 7 nitrogen and oxygen atoms in total. The van der Waals surface area contributed by atoms with Gasteiger partial charge in [0.25, 0.3) is 11.7 Å². The van der Waals surface area contributed by atoms with Crippen LogP contribution in [0.3, 0.4) is 0 Å². The number of aliphatic hydroxyl groups is 1. The summed E-state index contributed by atoms with van der Waals surface area (Å²) in [5, 5.41) is 11.0. The number of ketones is 1. The van der Waals surface area contributed by atoms with Crippen LogP contribution in [0.5, 0.6) is 0 Å². The normalized spacial score (nSPS) is 17.1. The standard InChI is InChI=1S/C26H21FN2O5/c1-15-3-4-19(13-20(15)27)23(30)21-22(17-5-7-18(8-6-17)26(33)34-2)29(25(32)24(21)31)14-16-9-11-28-12-10-16/h3-13,22,30H,14H2,1-2H3/t22-/m1/s1. The Balaban J connectivity index is 1.86. The van der Waals surface area contributed by atoms with Crippen molar-refractivity contribution in [3.63, 3.8) is 0 Å². The first-order valence-corrected chi connectivity index (χ1v) is 10.4. The minimum Gasteiger partial charge on any atom is -0.507 e. The molecule has 0 spiro atoms. The summed E-state index contributed by atoms with van der Waals surface area (Å²) in [7, 11) is 1.26. The highest BCUT2D eigenvalue weighted by Crippen LogP contribution is 2.40. The molecular formula is C26H21FN2O5. The molecule has 1 aliphatic heterocycles. The fourth-order valence-electron chi connectivity index (χ4n) is 3.89. The predicted octanol–water partition coefficient (Wildman–Crippen LogP) is 3.94. The summed E-state index contributed by atoms with van der Waals surface area (Å²) >= 11 is 0. The average molecular weight is 460 g/mol. The van der Waals surface area contributed by atoms with Gasteiger partial charge in [-0.15, -0.1) is 0 Å². The third-order valence-corrected chi connectivity index (χ3v) is 5.74. The van der Waals surface area contributed by atoms with Gasteiger partial charge in [-0.3, -0.25) is 14.6 Å². The van der Waals surface area contributed by atoms with E-state index in [1.54, 1.807) is 43.6 Å². The number of halogens is 1. The summed E-state index contributed by atoms with van der Waals surface area (Å²) in [5.74, 6) is -3.24. The number of nitrogens with zero attached hydrogens (tertiary/aromatic N) is 2. The van der Waals surface area contributed by atoms with Crippen molar-refractivity contribution in [3.05, 3.63) is 106 Å². The van der Waals surface area contributed by atoms with Crippen LogP contribution in [-0.4, -0.2) is 39.8 Å². The molecule has 34 heavy (non-hydrogen) atoms. The number of rotatable bonds is 5. The molecule has 1 atom stereocenters. The Labute approximate surface area is 195 Å². The summed E-state index contributed by atoms with van der Waals surface area (Å²) in [5.41, 5.74) is 1.82. The number of hydrogen-bond acceptors (Lipinski definition) is 6. The lowest BCUT2D eigenvalue weighted by Crippen LogP contribution is -2.29. The third kappa shape index (κ3) is 4.17. The second-order valence-electron chi connectivity index (χ2n) is 7.86. The van der Waals surface area contributed by atoms with Gasteiger partial charge in [-0.2, -0.15) is 0 Å². The molecule has 0 radical (unpaired) electrons. The Hall–Kier alpha value is -4.33. The van der Waals surface area contributed by atoms with Crippen LogP contribution in [0.2, 0.25) is 0 Å². The van der Waals surface area contributed by atoms with E-state index in [1.165, 1.54) is 36.3 Å². The molecule has 1 saturated heterocycles. The predicted molar refractivity (Wildman–Crippen MR) is 121 cm³/mol. The molecule has 1 fully saturated rings. The Morgan fingerprint density at radius 2 is 1.71 bits per heavy atom. The molecule has 3 aromatic rings. The van der Waals surface area contributed by atoms with Crippen LogP contribution in [0.4, 0.5) is 4.39 Å². The molecule has 0 unspecified atom stereocenters. The number of hydrogen-bond donors (Lipinski definition) is 1. The van der Waals surface area contributed by atoms with Gasteiger partial charge in [0.15, 0.2) is 0 Å². The Bertz CT molecular complexity index is 1300. The summed E-state index contributed by atoms with van der Waals surface area (Å²) in [4.78, 5) is 43.3. The topological polar surface area (TPSA) is 96.8 Å². The van der Waals surface area contributed by atoms with Crippen molar-refractivity contribution in [3.8, 4) is 0 Å². The number of aryl methyl sites for hydroxylation is 1. The van der Waals surface area contributed by atoms with E-state index in [-0.39, 0.29) is 23.2 Å². The number of ether oxygens (including phenoxy) is 1. The number of carbonyl (C=O) groups is 3. The van der Waals surface area contributed by atoms with Gasteiger partial charge in [-0.1, -0.05) is 24.3 Å². The SMILES string of the molecule is COC(=O)c1ccc([C@@H]2C(=C(O)c3ccc(C)c(F)c3)C(=O)C(=O)N2Cc2ccncc2)cc1. The van der Waals surface area contributed by atoms with E-state index < -0.39 is 35.3 Å². The number of aliphatic hydroxyl groups excluding tert-OH is 1. The zero-order valence-corrected chi connectivity index (χ0v) is 18.5. The van der Waals surface area contributed by atoms with E-state index in [2.05, 4.69) is 4.98 Å². The quantitative estimate of drug-likeness (QED) is 0.268. The van der Waals surface area contributed by atoms with Gasteiger partial charge in [0, 0.05) is 24.5 Å². The number of benzene rings is 2. The second kappa shape index (κ2) is 9.27. The molecule has 172 valence electrons. The van der Waals surface area contributed by atoms with Crippen LogP contribution >= 0.6 is 0 Å². The number of amides is 1. The van der Waals surface area contributed by atoms with Crippen molar-refractivity contribution in [2.75, 3.05) is 7.11 Å². The van der Waals surface area contributed by atoms with Crippen LogP contribution in [0, 0.1) is 12.7 Å². The summed E-state index contributed by atoms with van der Waals surface area (Å²) in [6, 6.07) is 12.8. The first kappa shape index (κ1) is 22.8. The van der Waals surface area contributed by atoms with Crippen molar-refractivity contribution in [1.29, 1.82) is 0 Å². The zero-order chi connectivity index (χ0) is 24.4. The number of Topliss-reactive ketones (excluding diaryl/α,β-unsaturated/α-hetero) is 1. The van der Waals surface area contributed by atoms with Crippen molar-refractivity contribution < 1.29 is 28.6 Å². The largest absolute Gasteiger partial charge is 0.507 e. The molecule has 0 saturated carbocycles. The molecule has 2 heterocycles. The summed E-state index contributed by atoms with van der Waals surface area (Å²) < 4.78 is 18.9. The molecule has 8 heteroatoms. The van der Waals surface area contributed by atoms with Gasteiger partial charge in [0.05, 0.1) is 24.3 Å². The average Bonchev–Trinajstić information content (AvgIpc) is 3.10. The van der Waals surface area contributed by atoms with Crippen LogP contribution in [0.1, 0.15) is 38.7 Å². The minimum atomic E-state index is -0.954. The van der Waals surface area contributed by atoms with Crippen LogP contribution in [0.15, 0.2) is 72.6 Å². The molecule has 1 N–H and O–H groups in total. The number of pyridine rings is 1. The monoisotopic (exact) mass is 460 g/mol. The third-order valence-electron chi connectivity index (χ3n) is 5.74. The molecule has 1 amide bonds. The Morgan fingerprint density at radius 1 is 1.06 bits per heavy atom. The highest BCUT2D eigenvalue weighted by atomic mass is 19.1. The Kier molecular flexibility index (Phi) is 6.23. The lowest BCUT2D eigenvalue weighted by molar-refractivity contribution is -0.140. The van der Waals surface area contributed by atoms with E-state index in [1.807, 2.05) is 0 Å². The van der Waals surface area contributed by atoms with E-state index in [0.29, 0.717) is 11.1 Å². The highest BCUT2D eigenvalue weighted by Gasteiger charge is 2.46. The van der Waals surface area contributed by atoms with E-state index >= 15 is 0 Å². The first-order valence-electron chi connectivity index (χ1n) is 10.4. The molecule has 2 aromatic carbocycles. The van der Waals surface area contributed by atoms with Crippen molar-refractivity contribution in [2.24, 2.45) is 0 Å². The highest BCUT2D eigenvalue weighted by molar-refractivity contribution is 6.46. The summed E-state index contributed by atoms with van der Waals surface area (Å²) in [6.45, 7) is 1.66. The van der Waals surface area contributed by atoms with Gasteiger partial charge in [-0.25, -0.2) is 9.18 Å². The first-order chi connectivity index (χ1) is 16.3. The van der Waals surface area contributed by atoms with Gasteiger partial charge < -0.3 is 14.7 Å². The number of carbonyl (C=O) groups excluding carboxylic acids is 3. The lowest BCUT2D eigenvalue weighted by atomic mass is 9.94. The number of likely N-dealkylation sites (tertiary alicyclic amines) is 1. The number of aromatic nitrogens is 1. The number of esters is 1. The number of methoxy groups -OCH3 is 1. The van der Waals surface area contributed by atoms with E-state index in [0.717, 1.165) is 11.6 Å². The van der Waals surface area contributed by atoms with Gasteiger partial charge in [-0.05, 0) is 53.9 Å². The molecule has 1 aromatic heterocycles. The Morgan fingerprint density at radius 3 is 2.32 bits per heavy atom. The smallest absolute Gasteiger partial charge is 0.337 e. The minimum absolute atomic E-state index is 0.0789. The van der Waals surface area contributed by atoms with Gasteiger partial charge >= 0.3 is 5.97 Å². The van der Waals surface area contributed by atoms with Crippen molar-refractivity contribution in [2.45, 2.75) is 19.5 Å². The molecule has 0 bridgehead atoms. The van der Waals surface area contributed by atoms with E-state index in [9.17, 15) is 23.9 Å². The van der Waals surface area contributed by atoms with E-state index in [4.69, 9.17) is 4.74 Å². The maximum absolute atomic E-state index is 14.2. The van der Waals surface area contributed by atoms with Gasteiger partial charge in [0.2, 0.25) is 0 Å². The van der Waals surface area contributed by atoms with Crippen molar-refractivity contribution >= 4 is 23.4 Å². The lowest BCUT2D eigenvalue weighted by Gasteiger charge is -2.25. The van der Waals surface area contributed by atoms with Crippen LogP contribution in [0.25, 0.3) is 5.76 Å². The van der Waals surface area contributed by atoms with Crippen LogP contribution < -0.4 is 0 Å². The maximum atomic E-state index is 14.2. The molecule has 4 rings (SSSR count). The zero-order valence-electron chi connectivity index (χ0n) is 18.5.